The van der Waals surface area contributed by atoms with Gasteiger partial charge in [0.25, 0.3) is 0 Å². The topological polar surface area (TPSA) is 41.1 Å². The second-order valence-electron chi connectivity index (χ2n) is 6.47. The Morgan fingerprint density at radius 1 is 1.27 bits per heavy atom. The molecule has 1 unspecified atom stereocenters. The van der Waals surface area contributed by atoms with E-state index in [0.29, 0.717) is 6.42 Å². The molecule has 0 radical (unpaired) electrons. The number of hydrogen-bond donors (Lipinski definition) is 2. The minimum absolute atomic E-state index is 0.230. The lowest BCUT2D eigenvalue weighted by Crippen LogP contribution is -2.37. The van der Waals surface area contributed by atoms with Gasteiger partial charge >= 0.3 is 0 Å². The van der Waals surface area contributed by atoms with Crippen LogP contribution in [0.3, 0.4) is 0 Å². The predicted octanol–water partition coefficient (Wildman–Crippen LogP) is 3.29. The number of piperidine rings is 1. The molecule has 1 aromatic carbocycles. The molecule has 22 heavy (non-hydrogen) atoms. The van der Waals surface area contributed by atoms with Crippen LogP contribution in [0.4, 0.5) is 0 Å². The van der Waals surface area contributed by atoms with Gasteiger partial charge in [0.2, 0.25) is 5.91 Å². The van der Waals surface area contributed by atoms with Crippen molar-refractivity contribution in [1.29, 1.82) is 0 Å². The molecular formula is C19H30N2O. The number of carbonyl (C=O) groups is 1. The molecule has 122 valence electrons. The van der Waals surface area contributed by atoms with Gasteiger partial charge in [0.05, 0.1) is 0 Å². The number of carbonyl (C=O) groups excluding carboxylic acids is 1. The number of hydrogen-bond acceptors (Lipinski definition) is 2. The lowest BCUT2D eigenvalue weighted by molar-refractivity contribution is -0.122. The molecule has 1 heterocycles. The van der Waals surface area contributed by atoms with Gasteiger partial charge in [-0.1, -0.05) is 43.7 Å². The van der Waals surface area contributed by atoms with Gasteiger partial charge in [-0.05, 0) is 56.7 Å². The van der Waals surface area contributed by atoms with E-state index in [0.717, 1.165) is 44.7 Å². The molecule has 2 rings (SSSR count). The highest BCUT2D eigenvalue weighted by Gasteiger charge is 2.16. The van der Waals surface area contributed by atoms with Crippen LogP contribution >= 0.6 is 0 Å². The van der Waals surface area contributed by atoms with Gasteiger partial charge in [0, 0.05) is 12.5 Å². The summed E-state index contributed by atoms with van der Waals surface area (Å²) in [4.78, 5) is 12.2. The number of nitrogens with one attached hydrogen (secondary N) is 2. The van der Waals surface area contributed by atoms with E-state index in [4.69, 9.17) is 0 Å². The van der Waals surface area contributed by atoms with E-state index in [1.54, 1.807) is 0 Å². The molecule has 0 aromatic heterocycles. The third-order valence-electron chi connectivity index (χ3n) is 4.57. The van der Waals surface area contributed by atoms with Crippen molar-refractivity contribution in [3.05, 3.63) is 35.9 Å². The maximum absolute atomic E-state index is 12.2. The van der Waals surface area contributed by atoms with E-state index in [1.807, 2.05) is 6.07 Å². The van der Waals surface area contributed by atoms with Gasteiger partial charge in [0.1, 0.15) is 0 Å². The van der Waals surface area contributed by atoms with Crippen LogP contribution in [0.25, 0.3) is 0 Å². The molecule has 0 saturated carbocycles. The van der Waals surface area contributed by atoms with Crippen LogP contribution in [0, 0.1) is 5.92 Å². The van der Waals surface area contributed by atoms with Crippen molar-refractivity contribution in [2.24, 2.45) is 5.92 Å². The molecule has 1 aliphatic rings. The highest BCUT2D eigenvalue weighted by Crippen LogP contribution is 2.17. The van der Waals surface area contributed by atoms with Crippen LogP contribution in [-0.4, -0.2) is 25.0 Å². The normalized spacial score (nSPS) is 17.1. The van der Waals surface area contributed by atoms with E-state index in [2.05, 4.69) is 41.8 Å². The summed E-state index contributed by atoms with van der Waals surface area (Å²) in [5.41, 5.74) is 1.31. The smallest absolute Gasteiger partial charge is 0.220 e. The molecule has 3 heteroatoms. The van der Waals surface area contributed by atoms with Crippen LogP contribution in [0.5, 0.6) is 0 Å². The van der Waals surface area contributed by atoms with Crippen LogP contribution in [0.15, 0.2) is 30.3 Å². The van der Waals surface area contributed by atoms with Gasteiger partial charge in [0.15, 0.2) is 0 Å². The maximum atomic E-state index is 12.2. The SMILES string of the molecule is CCCC(Cc1ccccc1)NC(=O)CCC1CCNCC1. The van der Waals surface area contributed by atoms with E-state index >= 15 is 0 Å². The summed E-state index contributed by atoms with van der Waals surface area (Å²) in [5, 5.41) is 6.63. The summed E-state index contributed by atoms with van der Waals surface area (Å²) in [6, 6.07) is 10.7. The van der Waals surface area contributed by atoms with E-state index in [9.17, 15) is 4.79 Å². The second-order valence-corrected chi connectivity index (χ2v) is 6.47. The summed E-state index contributed by atoms with van der Waals surface area (Å²) in [6.07, 6.45) is 7.25. The summed E-state index contributed by atoms with van der Waals surface area (Å²) in [6.45, 7) is 4.40. The van der Waals surface area contributed by atoms with Crippen molar-refractivity contribution in [3.63, 3.8) is 0 Å². The monoisotopic (exact) mass is 302 g/mol. The number of rotatable bonds is 8. The molecular weight excluding hydrogens is 272 g/mol. The molecule has 2 N–H and O–H groups in total. The first kappa shape index (κ1) is 17.0. The zero-order valence-electron chi connectivity index (χ0n) is 13.8. The average Bonchev–Trinajstić information content (AvgIpc) is 2.55. The Balaban J connectivity index is 1.75. The zero-order valence-corrected chi connectivity index (χ0v) is 13.8. The molecule has 1 amide bonds. The first-order chi connectivity index (χ1) is 10.8. The highest BCUT2D eigenvalue weighted by molar-refractivity contribution is 5.76. The Bertz CT molecular complexity index is 426. The fourth-order valence-electron chi connectivity index (χ4n) is 3.28. The molecule has 1 aliphatic heterocycles. The first-order valence-corrected chi connectivity index (χ1v) is 8.82. The lowest BCUT2D eigenvalue weighted by atomic mass is 9.93. The van der Waals surface area contributed by atoms with Gasteiger partial charge < -0.3 is 10.6 Å². The summed E-state index contributed by atoms with van der Waals surface area (Å²) in [7, 11) is 0. The Morgan fingerprint density at radius 3 is 2.68 bits per heavy atom. The van der Waals surface area contributed by atoms with Crippen molar-refractivity contribution >= 4 is 5.91 Å². The van der Waals surface area contributed by atoms with Crippen molar-refractivity contribution in [2.45, 2.75) is 57.9 Å². The predicted molar refractivity (Wildman–Crippen MR) is 91.8 cm³/mol. The van der Waals surface area contributed by atoms with Gasteiger partial charge in [-0.2, -0.15) is 0 Å². The average molecular weight is 302 g/mol. The van der Waals surface area contributed by atoms with Crippen LogP contribution in [-0.2, 0) is 11.2 Å². The van der Waals surface area contributed by atoms with Gasteiger partial charge in [-0.3, -0.25) is 4.79 Å². The van der Waals surface area contributed by atoms with Crippen LogP contribution in [0.1, 0.15) is 51.0 Å². The third kappa shape index (κ3) is 6.18. The Kier molecular flexibility index (Phi) is 7.44. The number of amides is 1. The number of benzene rings is 1. The van der Waals surface area contributed by atoms with Gasteiger partial charge in [-0.25, -0.2) is 0 Å². The Morgan fingerprint density at radius 2 is 2.00 bits per heavy atom. The third-order valence-corrected chi connectivity index (χ3v) is 4.57. The van der Waals surface area contributed by atoms with Crippen molar-refractivity contribution in [2.75, 3.05) is 13.1 Å². The second kappa shape index (κ2) is 9.62. The minimum atomic E-state index is 0.230. The highest BCUT2D eigenvalue weighted by atomic mass is 16.1. The van der Waals surface area contributed by atoms with Crippen molar-refractivity contribution in [1.82, 2.24) is 10.6 Å². The molecule has 0 spiro atoms. The summed E-state index contributed by atoms with van der Waals surface area (Å²) in [5.74, 6) is 0.957. The molecule has 3 nitrogen and oxygen atoms in total. The first-order valence-electron chi connectivity index (χ1n) is 8.82. The van der Waals surface area contributed by atoms with E-state index in [-0.39, 0.29) is 11.9 Å². The summed E-state index contributed by atoms with van der Waals surface area (Å²) >= 11 is 0. The Labute approximate surface area is 134 Å². The lowest BCUT2D eigenvalue weighted by Gasteiger charge is -2.23. The zero-order chi connectivity index (χ0) is 15.6. The summed E-state index contributed by atoms with van der Waals surface area (Å²) < 4.78 is 0. The van der Waals surface area contributed by atoms with Gasteiger partial charge in [-0.15, -0.1) is 0 Å². The minimum Gasteiger partial charge on any atom is -0.353 e. The van der Waals surface area contributed by atoms with E-state index < -0.39 is 0 Å². The molecule has 1 aromatic rings. The van der Waals surface area contributed by atoms with E-state index in [1.165, 1.54) is 18.4 Å². The molecule has 1 atom stereocenters. The Hall–Kier alpha value is -1.35. The van der Waals surface area contributed by atoms with Crippen LogP contribution in [0.2, 0.25) is 0 Å². The van der Waals surface area contributed by atoms with Crippen molar-refractivity contribution in [3.8, 4) is 0 Å². The standard InChI is InChI=1S/C19H30N2O/c1-2-6-18(15-17-7-4-3-5-8-17)21-19(22)10-9-16-11-13-20-14-12-16/h3-5,7-8,16,18,20H,2,6,9-15H2,1H3,(H,21,22). The largest absolute Gasteiger partial charge is 0.353 e. The quantitative estimate of drug-likeness (QED) is 0.773. The fourth-order valence-corrected chi connectivity index (χ4v) is 3.28. The fraction of sp³-hybridized carbons (Fsp3) is 0.632. The molecule has 1 saturated heterocycles. The van der Waals surface area contributed by atoms with Crippen molar-refractivity contribution < 1.29 is 4.79 Å². The molecule has 1 fully saturated rings. The maximum Gasteiger partial charge on any atom is 0.220 e. The molecule has 0 bridgehead atoms. The van der Waals surface area contributed by atoms with Crippen LogP contribution < -0.4 is 10.6 Å². The molecule has 0 aliphatic carbocycles.